The number of nitrogens with one attached hydrogen (secondary N) is 1. The zero-order valence-electron chi connectivity index (χ0n) is 15.2. The number of methoxy groups -OCH3 is 3. The van der Waals surface area contributed by atoms with E-state index in [4.69, 9.17) is 18.6 Å². The zero-order valence-corrected chi connectivity index (χ0v) is 15.2. The Morgan fingerprint density at radius 2 is 1.56 bits per heavy atom. The van der Waals surface area contributed by atoms with Crippen LogP contribution < -0.4 is 19.5 Å². The summed E-state index contributed by atoms with van der Waals surface area (Å²) in [7, 11) is 4.70. The number of carbonyl (C=O) groups excluding carboxylic acids is 1. The first-order valence-electron chi connectivity index (χ1n) is 8.11. The second-order valence-corrected chi connectivity index (χ2v) is 5.59. The third-order valence-corrected chi connectivity index (χ3v) is 3.79. The molecular formula is C19H19N3O5. The molecule has 1 aromatic heterocycles. The Balaban J connectivity index is 1.69. The van der Waals surface area contributed by atoms with E-state index in [0.717, 1.165) is 11.3 Å². The van der Waals surface area contributed by atoms with Gasteiger partial charge < -0.3 is 18.6 Å². The molecule has 0 bridgehead atoms. The van der Waals surface area contributed by atoms with Crippen LogP contribution in [0.5, 0.6) is 17.2 Å². The Labute approximate surface area is 156 Å². The van der Waals surface area contributed by atoms with Gasteiger partial charge in [0.2, 0.25) is 11.8 Å². The van der Waals surface area contributed by atoms with Crippen LogP contribution in [0.2, 0.25) is 0 Å². The minimum atomic E-state index is -0.265. The van der Waals surface area contributed by atoms with Crippen LogP contribution in [0.15, 0.2) is 46.9 Å². The summed E-state index contributed by atoms with van der Waals surface area (Å²) < 4.78 is 21.1. The second kappa shape index (κ2) is 8.22. The average molecular weight is 369 g/mol. The monoisotopic (exact) mass is 369 g/mol. The lowest BCUT2D eigenvalue weighted by molar-refractivity contribution is -0.115. The lowest BCUT2D eigenvalue weighted by Gasteiger charge is -2.05. The molecule has 0 aliphatic rings. The summed E-state index contributed by atoms with van der Waals surface area (Å²) in [4.78, 5) is 12.2. The molecule has 0 atom stereocenters. The number of carbonyl (C=O) groups is 1. The highest BCUT2D eigenvalue weighted by molar-refractivity contribution is 5.90. The van der Waals surface area contributed by atoms with Crippen LogP contribution in [0, 0.1) is 0 Å². The van der Waals surface area contributed by atoms with Crippen molar-refractivity contribution in [1.29, 1.82) is 0 Å². The van der Waals surface area contributed by atoms with Crippen LogP contribution >= 0.6 is 0 Å². The van der Waals surface area contributed by atoms with Gasteiger partial charge in [0.25, 0.3) is 0 Å². The van der Waals surface area contributed by atoms with Crippen LogP contribution in [0.25, 0.3) is 11.5 Å². The van der Waals surface area contributed by atoms with Crippen molar-refractivity contribution in [2.75, 3.05) is 26.6 Å². The summed E-state index contributed by atoms with van der Waals surface area (Å²) in [6, 6.07) is 12.5. The highest BCUT2D eigenvalue weighted by Gasteiger charge is 2.14. The first kappa shape index (κ1) is 18.2. The molecule has 0 fully saturated rings. The van der Waals surface area contributed by atoms with E-state index in [9.17, 15) is 4.79 Å². The molecule has 0 aliphatic carbocycles. The summed E-state index contributed by atoms with van der Waals surface area (Å²) in [6.07, 6.45) is 0.175. The number of hydrogen-bond acceptors (Lipinski definition) is 7. The van der Waals surface area contributed by atoms with E-state index < -0.39 is 0 Å². The molecule has 8 nitrogen and oxygen atoms in total. The van der Waals surface area contributed by atoms with Gasteiger partial charge in [0.1, 0.15) is 17.2 Å². The van der Waals surface area contributed by atoms with Crippen LogP contribution in [-0.2, 0) is 11.2 Å². The van der Waals surface area contributed by atoms with Crippen molar-refractivity contribution in [3.63, 3.8) is 0 Å². The van der Waals surface area contributed by atoms with Gasteiger partial charge in [0.15, 0.2) is 0 Å². The number of benzene rings is 2. The van der Waals surface area contributed by atoms with E-state index in [1.165, 1.54) is 0 Å². The predicted octanol–water partition coefficient (Wildman–Crippen LogP) is 2.94. The Morgan fingerprint density at radius 3 is 2.15 bits per heavy atom. The maximum absolute atomic E-state index is 12.2. The molecule has 3 rings (SSSR count). The largest absolute Gasteiger partial charge is 0.497 e. The highest BCUT2D eigenvalue weighted by Crippen LogP contribution is 2.29. The van der Waals surface area contributed by atoms with E-state index in [1.54, 1.807) is 51.7 Å². The van der Waals surface area contributed by atoms with Gasteiger partial charge in [-0.25, -0.2) is 0 Å². The van der Waals surface area contributed by atoms with Crippen LogP contribution in [0.1, 0.15) is 5.56 Å². The molecule has 0 saturated carbocycles. The summed E-state index contributed by atoms with van der Waals surface area (Å²) in [5.74, 6) is 1.89. The van der Waals surface area contributed by atoms with E-state index in [2.05, 4.69) is 15.5 Å². The van der Waals surface area contributed by atoms with E-state index >= 15 is 0 Å². The number of hydrogen-bond donors (Lipinski definition) is 1. The van der Waals surface area contributed by atoms with Crippen LogP contribution in [-0.4, -0.2) is 37.4 Å². The minimum absolute atomic E-state index is 0.0188. The lowest BCUT2D eigenvalue weighted by Crippen LogP contribution is -2.14. The Bertz CT molecular complexity index is 899. The number of rotatable bonds is 7. The summed E-state index contributed by atoms with van der Waals surface area (Å²) in [6.45, 7) is 0. The smallest absolute Gasteiger partial charge is 0.322 e. The van der Waals surface area contributed by atoms with Gasteiger partial charge >= 0.3 is 6.01 Å². The van der Waals surface area contributed by atoms with Crippen molar-refractivity contribution in [2.24, 2.45) is 0 Å². The number of amides is 1. The van der Waals surface area contributed by atoms with E-state index in [-0.39, 0.29) is 24.2 Å². The number of aromatic nitrogens is 2. The molecule has 1 amide bonds. The summed E-state index contributed by atoms with van der Waals surface area (Å²) >= 11 is 0. The summed E-state index contributed by atoms with van der Waals surface area (Å²) in [5.41, 5.74) is 1.46. The predicted molar refractivity (Wildman–Crippen MR) is 98.2 cm³/mol. The molecule has 0 unspecified atom stereocenters. The SMILES string of the molecule is COc1ccc(CC(=O)Nc2nnc(-c3cc(OC)cc(OC)c3)o2)cc1. The van der Waals surface area contributed by atoms with Crippen molar-refractivity contribution >= 4 is 11.9 Å². The van der Waals surface area contributed by atoms with Crippen LogP contribution in [0.4, 0.5) is 6.01 Å². The molecular weight excluding hydrogens is 350 g/mol. The molecule has 8 heteroatoms. The third kappa shape index (κ3) is 4.55. The van der Waals surface area contributed by atoms with Gasteiger partial charge in [-0.1, -0.05) is 17.2 Å². The van der Waals surface area contributed by atoms with Crippen molar-refractivity contribution in [3.8, 4) is 28.7 Å². The summed E-state index contributed by atoms with van der Waals surface area (Å²) in [5, 5.41) is 10.4. The maximum atomic E-state index is 12.2. The number of nitrogens with zero attached hydrogens (tertiary/aromatic N) is 2. The quantitative estimate of drug-likeness (QED) is 0.684. The highest BCUT2D eigenvalue weighted by atomic mass is 16.5. The van der Waals surface area contributed by atoms with Crippen molar-refractivity contribution in [2.45, 2.75) is 6.42 Å². The second-order valence-electron chi connectivity index (χ2n) is 5.59. The van der Waals surface area contributed by atoms with E-state index in [1.807, 2.05) is 12.1 Å². The fourth-order valence-corrected chi connectivity index (χ4v) is 2.41. The van der Waals surface area contributed by atoms with Gasteiger partial charge in [0.05, 0.1) is 27.8 Å². The fraction of sp³-hybridized carbons (Fsp3) is 0.211. The standard InChI is InChI=1S/C19H19N3O5/c1-24-14-6-4-12(5-7-14)8-17(23)20-19-22-21-18(27-19)13-9-15(25-2)11-16(10-13)26-3/h4-7,9-11H,8H2,1-3H3,(H,20,22,23). The lowest BCUT2D eigenvalue weighted by atomic mass is 10.1. The third-order valence-electron chi connectivity index (χ3n) is 3.79. The molecule has 140 valence electrons. The van der Waals surface area contributed by atoms with Gasteiger partial charge in [-0.2, -0.15) is 0 Å². The topological polar surface area (TPSA) is 95.7 Å². The zero-order chi connectivity index (χ0) is 19.2. The number of ether oxygens (including phenoxy) is 3. The molecule has 1 heterocycles. The average Bonchev–Trinajstić information content (AvgIpc) is 3.16. The maximum Gasteiger partial charge on any atom is 0.322 e. The molecule has 0 aliphatic heterocycles. The normalized spacial score (nSPS) is 10.3. The first-order chi connectivity index (χ1) is 13.1. The molecule has 2 aromatic carbocycles. The Morgan fingerprint density at radius 1 is 0.926 bits per heavy atom. The fourth-order valence-electron chi connectivity index (χ4n) is 2.41. The first-order valence-corrected chi connectivity index (χ1v) is 8.11. The molecule has 1 N–H and O–H groups in total. The van der Waals surface area contributed by atoms with E-state index in [0.29, 0.717) is 17.1 Å². The Kier molecular flexibility index (Phi) is 5.55. The van der Waals surface area contributed by atoms with Gasteiger partial charge in [-0.3, -0.25) is 10.1 Å². The van der Waals surface area contributed by atoms with Crippen molar-refractivity contribution in [3.05, 3.63) is 48.0 Å². The number of anilines is 1. The molecule has 0 spiro atoms. The van der Waals surface area contributed by atoms with Crippen LogP contribution in [0.3, 0.4) is 0 Å². The molecule has 3 aromatic rings. The molecule has 27 heavy (non-hydrogen) atoms. The Hall–Kier alpha value is -3.55. The molecule has 0 saturated heterocycles. The van der Waals surface area contributed by atoms with Gasteiger partial charge in [-0.15, -0.1) is 5.10 Å². The molecule has 0 radical (unpaired) electrons. The van der Waals surface area contributed by atoms with Gasteiger partial charge in [0, 0.05) is 11.6 Å². The van der Waals surface area contributed by atoms with Gasteiger partial charge in [-0.05, 0) is 29.8 Å². The minimum Gasteiger partial charge on any atom is -0.497 e. The van der Waals surface area contributed by atoms with Crippen molar-refractivity contribution in [1.82, 2.24) is 10.2 Å². The van der Waals surface area contributed by atoms with Crippen molar-refractivity contribution < 1.29 is 23.4 Å².